The maximum atomic E-state index is 12.6. The third kappa shape index (κ3) is 2.15. The second-order valence-electron chi connectivity index (χ2n) is 5.00. The van der Waals surface area contributed by atoms with Crippen molar-refractivity contribution in [1.29, 1.82) is 0 Å². The Morgan fingerprint density at radius 2 is 2.10 bits per heavy atom. The quantitative estimate of drug-likeness (QED) is 0.543. The fourth-order valence-corrected chi connectivity index (χ4v) is 2.62. The zero-order valence-corrected chi connectivity index (χ0v) is 13.1. The fraction of sp³-hybridized carbons (Fsp3) is 0.385. The van der Waals surface area contributed by atoms with Crippen molar-refractivity contribution in [3.05, 3.63) is 28.8 Å². The van der Waals surface area contributed by atoms with Crippen molar-refractivity contribution in [2.24, 2.45) is 7.05 Å². The summed E-state index contributed by atoms with van der Waals surface area (Å²) in [6, 6.07) is 1.85. The van der Waals surface area contributed by atoms with Crippen LogP contribution in [0.4, 0.5) is 0 Å². The smallest absolute Gasteiger partial charge is 0.274 e. The van der Waals surface area contributed by atoms with Gasteiger partial charge in [-0.2, -0.15) is 5.10 Å². The molecule has 0 saturated heterocycles. The largest absolute Gasteiger partial charge is 0.278 e. The molecule has 110 valence electrons. The Kier molecular flexibility index (Phi) is 3.32. The van der Waals surface area contributed by atoms with Crippen molar-refractivity contribution >= 4 is 22.8 Å². The van der Waals surface area contributed by atoms with Gasteiger partial charge in [0.15, 0.2) is 16.6 Å². The van der Waals surface area contributed by atoms with E-state index in [-0.39, 0.29) is 11.6 Å². The summed E-state index contributed by atoms with van der Waals surface area (Å²) < 4.78 is 5.13. The van der Waals surface area contributed by atoms with Gasteiger partial charge in [-0.15, -0.1) is 0 Å². The van der Waals surface area contributed by atoms with Crippen molar-refractivity contribution in [3.63, 3.8) is 0 Å². The predicted octanol–water partition coefficient (Wildman–Crippen LogP) is 1.62. The van der Waals surface area contributed by atoms with Crippen molar-refractivity contribution < 1.29 is 0 Å². The maximum Gasteiger partial charge on any atom is 0.278 e. The van der Waals surface area contributed by atoms with Crippen LogP contribution in [0.3, 0.4) is 0 Å². The highest BCUT2D eigenvalue weighted by atomic mass is 32.2. The molecule has 3 heterocycles. The van der Waals surface area contributed by atoms with Gasteiger partial charge in [0.1, 0.15) is 5.39 Å². The average molecular weight is 304 g/mol. The van der Waals surface area contributed by atoms with Gasteiger partial charge in [0.05, 0.1) is 0 Å². The molecule has 21 heavy (non-hydrogen) atoms. The lowest BCUT2D eigenvalue weighted by Crippen LogP contribution is -2.24. The van der Waals surface area contributed by atoms with Crippen LogP contribution in [0.5, 0.6) is 0 Å². The van der Waals surface area contributed by atoms with Crippen molar-refractivity contribution in [1.82, 2.24) is 29.1 Å². The van der Waals surface area contributed by atoms with E-state index in [4.69, 9.17) is 0 Å². The van der Waals surface area contributed by atoms with Crippen LogP contribution in [0.25, 0.3) is 16.9 Å². The third-order valence-electron chi connectivity index (χ3n) is 3.19. The molecule has 3 aromatic heterocycles. The number of hydrogen-bond acceptors (Lipinski definition) is 5. The van der Waals surface area contributed by atoms with Gasteiger partial charge in [0, 0.05) is 31.5 Å². The topological polar surface area (TPSA) is 70.5 Å². The first-order valence-electron chi connectivity index (χ1n) is 6.57. The van der Waals surface area contributed by atoms with E-state index < -0.39 is 0 Å². The van der Waals surface area contributed by atoms with Gasteiger partial charge < -0.3 is 0 Å². The number of aromatic nitrogens is 6. The van der Waals surface area contributed by atoms with Gasteiger partial charge in [-0.05, 0) is 20.1 Å². The van der Waals surface area contributed by atoms with Crippen molar-refractivity contribution in [3.8, 4) is 5.82 Å². The molecule has 0 spiro atoms. The zero-order valence-electron chi connectivity index (χ0n) is 12.3. The predicted molar refractivity (Wildman–Crippen MR) is 82.1 cm³/mol. The van der Waals surface area contributed by atoms with Crippen LogP contribution in [-0.2, 0) is 7.05 Å². The van der Waals surface area contributed by atoms with Crippen LogP contribution in [0.2, 0.25) is 0 Å². The van der Waals surface area contributed by atoms with Gasteiger partial charge in [-0.1, -0.05) is 11.8 Å². The van der Waals surface area contributed by atoms with E-state index in [9.17, 15) is 4.79 Å². The summed E-state index contributed by atoms with van der Waals surface area (Å²) in [7, 11) is 1.84. The molecule has 0 bridgehead atoms. The summed E-state index contributed by atoms with van der Waals surface area (Å²) in [6.45, 7) is 3.92. The zero-order chi connectivity index (χ0) is 15.1. The second-order valence-corrected chi connectivity index (χ2v) is 5.77. The molecule has 8 heteroatoms. The van der Waals surface area contributed by atoms with Crippen LogP contribution < -0.4 is 5.56 Å². The molecule has 0 radical (unpaired) electrons. The lowest BCUT2D eigenvalue weighted by Gasteiger charge is -2.12. The first-order valence-corrected chi connectivity index (χ1v) is 7.79. The van der Waals surface area contributed by atoms with E-state index in [1.54, 1.807) is 20.2 Å². The van der Waals surface area contributed by atoms with Crippen LogP contribution in [0.1, 0.15) is 19.9 Å². The van der Waals surface area contributed by atoms with Crippen LogP contribution >= 0.6 is 11.8 Å². The number of hydrogen-bond donors (Lipinski definition) is 0. The minimum atomic E-state index is -0.0988. The minimum absolute atomic E-state index is 0.00793. The normalized spacial score (nSPS) is 11.7. The van der Waals surface area contributed by atoms with E-state index in [0.717, 1.165) is 0 Å². The number of rotatable bonds is 3. The Morgan fingerprint density at radius 1 is 1.33 bits per heavy atom. The summed E-state index contributed by atoms with van der Waals surface area (Å²) in [6.07, 6.45) is 5.34. The minimum Gasteiger partial charge on any atom is -0.274 e. The Morgan fingerprint density at radius 3 is 2.67 bits per heavy atom. The monoisotopic (exact) mass is 304 g/mol. The molecule has 0 aliphatic rings. The molecule has 0 unspecified atom stereocenters. The molecule has 7 nitrogen and oxygen atoms in total. The molecule has 0 amide bonds. The van der Waals surface area contributed by atoms with E-state index in [1.165, 1.54) is 11.8 Å². The highest BCUT2D eigenvalue weighted by Gasteiger charge is 2.20. The van der Waals surface area contributed by atoms with Gasteiger partial charge in [-0.25, -0.2) is 19.3 Å². The summed E-state index contributed by atoms with van der Waals surface area (Å²) in [5, 5.41) is 5.53. The Balaban J connectivity index is 2.43. The number of nitrogens with zero attached hydrogens (tertiary/aromatic N) is 6. The molecule has 0 saturated carbocycles. The summed E-state index contributed by atoms with van der Waals surface area (Å²) >= 11 is 1.44. The van der Waals surface area contributed by atoms with E-state index in [2.05, 4.69) is 15.1 Å². The van der Waals surface area contributed by atoms with E-state index in [0.29, 0.717) is 22.0 Å². The molecule has 0 N–H and O–H groups in total. The van der Waals surface area contributed by atoms with Crippen LogP contribution in [0, 0.1) is 0 Å². The Bertz CT molecular complexity index is 859. The van der Waals surface area contributed by atoms with E-state index >= 15 is 0 Å². The second kappa shape index (κ2) is 5.03. The third-order valence-corrected chi connectivity index (χ3v) is 3.75. The van der Waals surface area contributed by atoms with Gasteiger partial charge >= 0.3 is 0 Å². The Hall–Kier alpha value is -2.09. The molecule has 0 aromatic carbocycles. The number of fused-ring (bicyclic) bond motifs is 1. The number of thioether (sulfide) groups is 1. The molecule has 3 aromatic rings. The fourth-order valence-electron chi connectivity index (χ4n) is 2.28. The Labute approximate surface area is 125 Å². The van der Waals surface area contributed by atoms with E-state index in [1.807, 2.05) is 39.4 Å². The van der Waals surface area contributed by atoms with Crippen LogP contribution in [-0.4, -0.2) is 35.4 Å². The van der Waals surface area contributed by atoms with Crippen molar-refractivity contribution in [2.75, 3.05) is 6.26 Å². The molecular weight excluding hydrogens is 288 g/mol. The molecular formula is C13H16N6OS. The molecule has 0 aliphatic heterocycles. The molecule has 0 fully saturated rings. The summed E-state index contributed by atoms with van der Waals surface area (Å²) in [5.41, 5.74) is 0.491. The molecule has 0 atom stereocenters. The summed E-state index contributed by atoms with van der Waals surface area (Å²) in [4.78, 5) is 21.3. The van der Waals surface area contributed by atoms with Crippen molar-refractivity contribution in [2.45, 2.75) is 25.0 Å². The average Bonchev–Trinajstić information content (AvgIpc) is 3.00. The van der Waals surface area contributed by atoms with Crippen LogP contribution in [0.15, 0.2) is 28.4 Å². The molecule has 0 aliphatic carbocycles. The highest BCUT2D eigenvalue weighted by Crippen LogP contribution is 2.19. The number of aryl methyl sites for hydroxylation is 1. The lowest BCUT2D eigenvalue weighted by molar-refractivity contribution is 0.469. The van der Waals surface area contributed by atoms with Gasteiger partial charge in [0.2, 0.25) is 0 Å². The SMILES string of the molecule is CSc1ncc2c(=O)n(C(C)C)n(-c3ccn(C)n3)c2n1. The first-order chi connectivity index (χ1) is 10.0. The van der Waals surface area contributed by atoms with Gasteiger partial charge in [0.25, 0.3) is 5.56 Å². The highest BCUT2D eigenvalue weighted by molar-refractivity contribution is 7.98. The molecule has 3 rings (SSSR count). The maximum absolute atomic E-state index is 12.6. The lowest BCUT2D eigenvalue weighted by atomic mass is 10.4. The standard InChI is InChI=1S/C13H16N6OS/c1-8(2)18-12(20)9-7-14-13(21-4)15-11(9)19(18)10-5-6-17(3)16-10/h5-8H,1-4H3. The van der Waals surface area contributed by atoms with Gasteiger partial charge in [-0.3, -0.25) is 9.48 Å². The first kappa shape index (κ1) is 13.9. The summed E-state index contributed by atoms with van der Waals surface area (Å²) in [5.74, 6) is 0.670.